The Morgan fingerprint density at radius 3 is 2.63 bits per heavy atom. The number of pyridine rings is 1. The summed E-state index contributed by atoms with van der Waals surface area (Å²) in [5.41, 5.74) is 1.36. The predicted molar refractivity (Wildman–Crippen MR) is 112 cm³/mol. The van der Waals surface area contributed by atoms with Crippen LogP contribution in [0.15, 0.2) is 30.7 Å². The summed E-state index contributed by atoms with van der Waals surface area (Å²) in [6.45, 7) is 4.19. The van der Waals surface area contributed by atoms with Gasteiger partial charge in [0.2, 0.25) is 5.28 Å². The second-order valence-electron chi connectivity index (χ2n) is 7.51. The Kier molecular flexibility index (Phi) is 5.22. The van der Waals surface area contributed by atoms with Crippen LogP contribution >= 0.6 is 11.6 Å². The SMILES string of the molecule is O=C(c1cccnc1)N1CCC(n2ncc3c(N4CCOCC4)nc(Cl)nc32)CC1. The molecule has 2 fully saturated rings. The van der Waals surface area contributed by atoms with Crippen LogP contribution in [0.1, 0.15) is 29.2 Å². The summed E-state index contributed by atoms with van der Waals surface area (Å²) in [4.78, 5) is 29.7. The first kappa shape index (κ1) is 19.2. The lowest BCUT2D eigenvalue weighted by molar-refractivity contribution is 0.0691. The minimum Gasteiger partial charge on any atom is -0.378 e. The first-order valence-corrected chi connectivity index (χ1v) is 10.5. The number of ether oxygens (including phenoxy) is 1. The Balaban J connectivity index is 1.36. The maximum atomic E-state index is 12.7. The highest BCUT2D eigenvalue weighted by atomic mass is 35.5. The molecule has 0 unspecified atom stereocenters. The third kappa shape index (κ3) is 3.59. The summed E-state index contributed by atoms with van der Waals surface area (Å²) < 4.78 is 7.39. The van der Waals surface area contributed by atoms with Gasteiger partial charge in [0.25, 0.3) is 5.91 Å². The number of carbonyl (C=O) groups excluding carboxylic acids is 1. The number of halogens is 1. The monoisotopic (exact) mass is 427 g/mol. The number of morpholine rings is 1. The summed E-state index contributed by atoms with van der Waals surface area (Å²) in [6, 6.07) is 3.74. The fraction of sp³-hybridized carbons (Fsp3) is 0.450. The molecule has 0 N–H and O–H groups in total. The molecule has 2 aliphatic rings. The van der Waals surface area contributed by atoms with Gasteiger partial charge in [-0.05, 0) is 36.6 Å². The number of carbonyl (C=O) groups is 1. The lowest BCUT2D eigenvalue weighted by Gasteiger charge is -2.32. The highest BCUT2D eigenvalue weighted by molar-refractivity contribution is 6.28. The van der Waals surface area contributed by atoms with Crippen LogP contribution in [0.5, 0.6) is 0 Å². The number of rotatable bonds is 3. The summed E-state index contributed by atoms with van der Waals surface area (Å²) in [5, 5.41) is 5.74. The normalized spacial score (nSPS) is 18.2. The van der Waals surface area contributed by atoms with Crippen LogP contribution in [-0.2, 0) is 4.74 Å². The summed E-state index contributed by atoms with van der Waals surface area (Å²) >= 11 is 6.26. The van der Waals surface area contributed by atoms with Crippen molar-refractivity contribution in [1.29, 1.82) is 0 Å². The molecule has 0 atom stereocenters. The van der Waals surface area contributed by atoms with E-state index in [2.05, 4.69) is 25.0 Å². The van der Waals surface area contributed by atoms with E-state index in [1.807, 2.05) is 15.8 Å². The van der Waals surface area contributed by atoms with Crippen LogP contribution in [0, 0.1) is 0 Å². The maximum Gasteiger partial charge on any atom is 0.255 e. The Morgan fingerprint density at radius 2 is 1.90 bits per heavy atom. The number of hydrogen-bond donors (Lipinski definition) is 0. The highest BCUT2D eigenvalue weighted by Gasteiger charge is 2.28. The van der Waals surface area contributed by atoms with Gasteiger partial charge in [-0.1, -0.05) is 0 Å². The quantitative estimate of drug-likeness (QED) is 0.592. The smallest absolute Gasteiger partial charge is 0.255 e. The van der Waals surface area contributed by atoms with Crippen LogP contribution in [0.3, 0.4) is 0 Å². The average Bonchev–Trinajstić information content (AvgIpc) is 3.23. The molecule has 0 radical (unpaired) electrons. The van der Waals surface area contributed by atoms with Gasteiger partial charge in [-0.3, -0.25) is 9.78 Å². The first-order chi connectivity index (χ1) is 14.7. The van der Waals surface area contributed by atoms with Crippen molar-refractivity contribution in [3.05, 3.63) is 41.6 Å². The fourth-order valence-electron chi connectivity index (χ4n) is 4.15. The number of piperidine rings is 1. The number of amides is 1. The van der Waals surface area contributed by atoms with E-state index in [-0.39, 0.29) is 17.2 Å². The maximum absolute atomic E-state index is 12.7. The van der Waals surface area contributed by atoms with Gasteiger partial charge in [0, 0.05) is 38.6 Å². The molecule has 0 bridgehead atoms. The molecule has 0 saturated carbocycles. The number of nitrogens with zero attached hydrogens (tertiary/aromatic N) is 7. The Labute approximate surface area is 178 Å². The Morgan fingerprint density at radius 1 is 1.10 bits per heavy atom. The van der Waals surface area contributed by atoms with E-state index in [4.69, 9.17) is 16.3 Å². The summed E-state index contributed by atoms with van der Waals surface area (Å²) in [6.07, 6.45) is 6.71. The van der Waals surface area contributed by atoms with Crippen molar-refractivity contribution in [2.75, 3.05) is 44.3 Å². The zero-order valence-corrected chi connectivity index (χ0v) is 17.2. The van der Waals surface area contributed by atoms with Gasteiger partial charge >= 0.3 is 0 Å². The summed E-state index contributed by atoms with van der Waals surface area (Å²) in [7, 11) is 0. The van der Waals surface area contributed by atoms with Gasteiger partial charge in [-0.2, -0.15) is 15.1 Å². The molecule has 30 heavy (non-hydrogen) atoms. The number of aromatic nitrogens is 5. The molecule has 0 aromatic carbocycles. The van der Waals surface area contributed by atoms with Gasteiger partial charge in [0.05, 0.1) is 36.4 Å². The molecular weight excluding hydrogens is 406 g/mol. The zero-order chi connectivity index (χ0) is 20.5. The molecule has 0 spiro atoms. The van der Waals surface area contributed by atoms with Crippen LogP contribution < -0.4 is 4.90 Å². The van der Waals surface area contributed by atoms with E-state index < -0.39 is 0 Å². The van der Waals surface area contributed by atoms with Crippen molar-refractivity contribution < 1.29 is 9.53 Å². The molecule has 10 heteroatoms. The number of anilines is 1. The number of hydrogen-bond acceptors (Lipinski definition) is 7. The van der Waals surface area contributed by atoms with Gasteiger partial charge in [-0.15, -0.1) is 0 Å². The molecule has 2 saturated heterocycles. The second kappa shape index (κ2) is 8.16. The van der Waals surface area contributed by atoms with Gasteiger partial charge < -0.3 is 14.5 Å². The molecule has 1 amide bonds. The average molecular weight is 428 g/mol. The largest absolute Gasteiger partial charge is 0.378 e. The Bertz CT molecular complexity index is 1040. The van der Waals surface area contributed by atoms with Crippen LogP contribution in [0.4, 0.5) is 5.82 Å². The minimum absolute atomic E-state index is 0.0202. The van der Waals surface area contributed by atoms with Crippen molar-refractivity contribution in [3.63, 3.8) is 0 Å². The number of fused-ring (bicyclic) bond motifs is 1. The van der Waals surface area contributed by atoms with Crippen molar-refractivity contribution in [2.24, 2.45) is 0 Å². The van der Waals surface area contributed by atoms with Crippen molar-refractivity contribution >= 4 is 34.4 Å². The highest BCUT2D eigenvalue weighted by Crippen LogP contribution is 2.31. The van der Waals surface area contributed by atoms with Gasteiger partial charge in [0.15, 0.2) is 5.65 Å². The lowest BCUT2D eigenvalue weighted by atomic mass is 10.0. The molecule has 2 aliphatic heterocycles. The molecule has 3 aromatic heterocycles. The fourth-order valence-corrected chi connectivity index (χ4v) is 4.31. The standard InChI is InChI=1S/C20H22ClN7O2/c21-20-24-17(26-8-10-30-11-9-26)16-13-23-28(18(16)25-20)15-3-6-27(7-4-15)19(29)14-2-1-5-22-12-14/h1-2,5,12-13,15H,3-4,6-11H2. The van der Waals surface area contributed by atoms with Crippen LogP contribution in [-0.4, -0.2) is 74.9 Å². The summed E-state index contributed by atoms with van der Waals surface area (Å²) in [5.74, 6) is 0.829. The van der Waals surface area contributed by atoms with E-state index in [1.165, 1.54) is 0 Å². The third-order valence-corrected chi connectivity index (χ3v) is 5.89. The molecule has 9 nitrogen and oxygen atoms in total. The second-order valence-corrected chi connectivity index (χ2v) is 7.85. The van der Waals surface area contributed by atoms with E-state index in [9.17, 15) is 4.79 Å². The van der Waals surface area contributed by atoms with Gasteiger partial charge in [0.1, 0.15) is 5.82 Å². The predicted octanol–water partition coefficient (Wildman–Crippen LogP) is 2.19. The van der Waals surface area contributed by atoms with Crippen LogP contribution in [0.25, 0.3) is 11.0 Å². The van der Waals surface area contributed by atoms with E-state index >= 15 is 0 Å². The zero-order valence-electron chi connectivity index (χ0n) is 16.4. The van der Waals surface area contributed by atoms with E-state index in [0.29, 0.717) is 31.9 Å². The number of likely N-dealkylation sites (tertiary alicyclic amines) is 1. The van der Waals surface area contributed by atoms with Crippen LogP contribution in [0.2, 0.25) is 5.28 Å². The topological polar surface area (TPSA) is 89.3 Å². The van der Waals surface area contributed by atoms with E-state index in [1.54, 1.807) is 24.5 Å². The van der Waals surface area contributed by atoms with Crippen molar-refractivity contribution in [3.8, 4) is 0 Å². The van der Waals surface area contributed by atoms with Crippen molar-refractivity contribution in [2.45, 2.75) is 18.9 Å². The Hall–Kier alpha value is -2.78. The molecule has 156 valence electrons. The van der Waals surface area contributed by atoms with Gasteiger partial charge in [-0.25, -0.2) is 4.68 Å². The molecular formula is C20H22ClN7O2. The minimum atomic E-state index is 0.0202. The molecule has 0 aliphatic carbocycles. The molecule has 3 aromatic rings. The molecule has 5 rings (SSSR count). The lowest BCUT2D eigenvalue weighted by Crippen LogP contribution is -2.39. The third-order valence-electron chi connectivity index (χ3n) is 5.72. The van der Waals surface area contributed by atoms with E-state index in [0.717, 1.165) is 42.8 Å². The first-order valence-electron chi connectivity index (χ1n) is 10.1. The molecule has 5 heterocycles. The van der Waals surface area contributed by atoms with Crippen molar-refractivity contribution in [1.82, 2.24) is 29.6 Å².